The van der Waals surface area contributed by atoms with Crippen molar-refractivity contribution in [3.05, 3.63) is 76.5 Å². The average Bonchev–Trinajstić information content (AvgIpc) is 2.91. The van der Waals surface area contributed by atoms with Crippen LogP contribution in [-0.2, 0) is 12.8 Å². The minimum absolute atomic E-state index is 0.600. The zero-order chi connectivity index (χ0) is 14.7. The number of nitrogen functional groups attached to an aromatic ring is 1. The highest BCUT2D eigenvalue weighted by Crippen LogP contribution is 2.15. The summed E-state index contributed by atoms with van der Waals surface area (Å²) in [7, 11) is 0. The van der Waals surface area contributed by atoms with E-state index in [1.54, 1.807) is 0 Å². The van der Waals surface area contributed by atoms with E-state index in [0.29, 0.717) is 29.6 Å². The Bertz CT molecular complexity index is 658. The molecule has 0 saturated heterocycles. The molecule has 4 nitrogen and oxygen atoms in total. The monoisotopic (exact) mass is 299 g/mol. The molecule has 0 radical (unpaired) electrons. The van der Waals surface area contributed by atoms with Crippen molar-refractivity contribution in [1.82, 2.24) is 10.2 Å². The van der Waals surface area contributed by atoms with Gasteiger partial charge in [0.25, 0.3) is 0 Å². The van der Waals surface area contributed by atoms with E-state index in [1.165, 1.54) is 0 Å². The smallest absolute Gasteiger partial charge is 0.220 e. The van der Waals surface area contributed by atoms with Gasteiger partial charge in [0.15, 0.2) is 0 Å². The molecule has 0 bridgehead atoms. The maximum atomic E-state index is 5.86. The first-order valence-electron chi connectivity index (χ1n) is 6.59. The predicted octanol–water partition coefficient (Wildman–Crippen LogP) is 3.49. The number of nitrogens with zero attached hydrogens (tertiary/aromatic N) is 2. The maximum Gasteiger partial charge on any atom is 0.220 e. The van der Waals surface area contributed by atoms with Crippen molar-refractivity contribution in [2.45, 2.75) is 12.8 Å². The Morgan fingerprint density at radius 1 is 0.810 bits per heavy atom. The number of halogens is 1. The van der Waals surface area contributed by atoms with Gasteiger partial charge in [-0.25, -0.2) is 0 Å². The molecule has 2 N–H and O–H groups in total. The Balaban J connectivity index is 1.68. The highest BCUT2D eigenvalue weighted by Gasteiger charge is 2.08. The molecule has 0 saturated carbocycles. The molecule has 0 fully saturated rings. The van der Waals surface area contributed by atoms with Crippen LogP contribution < -0.4 is 5.73 Å². The highest BCUT2D eigenvalue weighted by molar-refractivity contribution is 6.30. The molecule has 0 atom stereocenters. The maximum absolute atomic E-state index is 5.86. The van der Waals surface area contributed by atoms with Crippen LogP contribution >= 0.6 is 11.6 Å². The minimum atomic E-state index is 0.600. The lowest BCUT2D eigenvalue weighted by Gasteiger charge is -1.98. The van der Waals surface area contributed by atoms with Gasteiger partial charge < -0.3 is 10.2 Å². The molecule has 3 aromatic rings. The van der Waals surface area contributed by atoms with Crippen molar-refractivity contribution in [3.63, 3.8) is 0 Å². The van der Waals surface area contributed by atoms with Crippen LogP contribution in [0.4, 0.5) is 5.69 Å². The SMILES string of the molecule is Nc1ccc(Cc2nnc(Cc3ccc(Cl)cc3)o2)cc1. The number of aromatic nitrogens is 2. The number of hydrogen-bond acceptors (Lipinski definition) is 4. The third kappa shape index (κ3) is 3.61. The molecule has 0 unspecified atom stereocenters. The topological polar surface area (TPSA) is 64.9 Å². The molecule has 0 aliphatic rings. The van der Waals surface area contributed by atoms with E-state index in [1.807, 2.05) is 48.5 Å². The van der Waals surface area contributed by atoms with Crippen LogP contribution in [0.25, 0.3) is 0 Å². The van der Waals surface area contributed by atoms with Gasteiger partial charge in [-0.15, -0.1) is 10.2 Å². The molecular formula is C16H14ClN3O. The Hall–Kier alpha value is -2.33. The van der Waals surface area contributed by atoms with Gasteiger partial charge in [-0.1, -0.05) is 35.9 Å². The second-order valence-corrected chi connectivity index (χ2v) is 5.25. The minimum Gasteiger partial charge on any atom is -0.425 e. The average molecular weight is 300 g/mol. The summed E-state index contributed by atoms with van der Waals surface area (Å²) in [6.07, 6.45) is 1.21. The quantitative estimate of drug-likeness (QED) is 0.749. The molecule has 5 heteroatoms. The molecule has 0 amide bonds. The summed E-state index contributed by atoms with van der Waals surface area (Å²) >= 11 is 5.86. The molecule has 3 rings (SSSR count). The third-order valence-electron chi connectivity index (χ3n) is 3.11. The number of rotatable bonds is 4. The van der Waals surface area contributed by atoms with E-state index in [4.69, 9.17) is 21.8 Å². The lowest BCUT2D eigenvalue weighted by atomic mass is 10.1. The first-order valence-corrected chi connectivity index (χ1v) is 6.97. The molecule has 0 aliphatic carbocycles. The summed E-state index contributed by atoms with van der Waals surface area (Å²) in [5, 5.41) is 8.86. The number of anilines is 1. The summed E-state index contributed by atoms with van der Waals surface area (Å²) in [6, 6.07) is 15.2. The van der Waals surface area contributed by atoms with Gasteiger partial charge in [-0.3, -0.25) is 0 Å². The Labute approximate surface area is 127 Å². The number of nitrogens with two attached hydrogens (primary N) is 1. The van der Waals surface area contributed by atoms with Crippen molar-refractivity contribution in [2.75, 3.05) is 5.73 Å². The molecule has 1 aromatic heterocycles. The molecular weight excluding hydrogens is 286 g/mol. The predicted molar refractivity (Wildman–Crippen MR) is 82.2 cm³/mol. The normalized spacial score (nSPS) is 10.7. The summed E-state index contributed by atoms with van der Waals surface area (Å²) in [5.74, 6) is 1.20. The first kappa shape index (κ1) is 13.6. The van der Waals surface area contributed by atoms with Gasteiger partial charge >= 0.3 is 0 Å². The van der Waals surface area contributed by atoms with Gasteiger partial charge in [-0.2, -0.15) is 0 Å². The van der Waals surface area contributed by atoms with Crippen molar-refractivity contribution >= 4 is 17.3 Å². The molecule has 1 heterocycles. The number of benzene rings is 2. The van der Waals surface area contributed by atoms with E-state index in [2.05, 4.69) is 10.2 Å². The third-order valence-corrected chi connectivity index (χ3v) is 3.36. The Morgan fingerprint density at radius 3 is 1.81 bits per heavy atom. The number of hydrogen-bond donors (Lipinski definition) is 1. The zero-order valence-electron chi connectivity index (χ0n) is 11.3. The summed E-state index contributed by atoms with van der Waals surface area (Å²) < 4.78 is 5.67. The van der Waals surface area contributed by atoms with Crippen molar-refractivity contribution in [2.24, 2.45) is 0 Å². The van der Waals surface area contributed by atoms with Gasteiger partial charge in [0.1, 0.15) is 0 Å². The molecule has 0 spiro atoms. The van der Waals surface area contributed by atoms with Crippen molar-refractivity contribution in [1.29, 1.82) is 0 Å². The van der Waals surface area contributed by atoms with Gasteiger partial charge in [0.05, 0.1) is 12.8 Å². The highest BCUT2D eigenvalue weighted by atomic mass is 35.5. The van der Waals surface area contributed by atoms with Crippen LogP contribution in [0.1, 0.15) is 22.9 Å². The van der Waals surface area contributed by atoms with E-state index in [0.717, 1.165) is 16.8 Å². The zero-order valence-corrected chi connectivity index (χ0v) is 12.0. The van der Waals surface area contributed by atoms with Crippen molar-refractivity contribution in [3.8, 4) is 0 Å². The summed E-state index contributed by atoms with van der Waals surface area (Å²) in [4.78, 5) is 0. The van der Waals surface area contributed by atoms with E-state index in [-0.39, 0.29) is 0 Å². The second kappa shape index (κ2) is 5.97. The second-order valence-electron chi connectivity index (χ2n) is 4.81. The van der Waals surface area contributed by atoms with E-state index >= 15 is 0 Å². The van der Waals surface area contributed by atoms with Crippen LogP contribution in [0, 0.1) is 0 Å². The lowest BCUT2D eigenvalue weighted by Crippen LogP contribution is -1.90. The van der Waals surface area contributed by atoms with E-state index < -0.39 is 0 Å². The van der Waals surface area contributed by atoms with Crippen molar-refractivity contribution < 1.29 is 4.42 Å². The summed E-state index contributed by atoms with van der Waals surface area (Å²) in [6.45, 7) is 0. The fourth-order valence-electron chi connectivity index (χ4n) is 2.02. The standard InChI is InChI=1S/C16H14ClN3O/c17-13-5-1-11(2-6-13)9-15-19-20-16(21-15)10-12-3-7-14(18)8-4-12/h1-8H,9-10,18H2. The Kier molecular flexibility index (Phi) is 3.88. The van der Waals surface area contributed by atoms with Crippen LogP contribution in [0.2, 0.25) is 5.02 Å². The molecule has 0 aliphatic heterocycles. The van der Waals surface area contributed by atoms with E-state index in [9.17, 15) is 0 Å². The molecule has 2 aromatic carbocycles. The molecule has 106 valence electrons. The first-order chi connectivity index (χ1) is 10.2. The largest absolute Gasteiger partial charge is 0.425 e. The lowest BCUT2D eigenvalue weighted by molar-refractivity contribution is 0.466. The van der Waals surface area contributed by atoms with Crippen LogP contribution in [-0.4, -0.2) is 10.2 Å². The van der Waals surface area contributed by atoms with Gasteiger partial charge in [0, 0.05) is 10.7 Å². The fourth-order valence-corrected chi connectivity index (χ4v) is 2.14. The van der Waals surface area contributed by atoms with Gasteiger partial charge in [0.2, 0.25) is 11.8 Å². The molecule has 21 heavy (non-hydrogen) atoms. The summed E-state index contributed by atoms with van der Waals surface area (Å²) in [5.41, 5.74) is 8.58. The van der Waals surface area contributed by atoms with Crippen LogP contribution in [0.15, 0.2) is 52.9 Å². The van der Waals surface area contributed by atoms with Crippen LogP contribution in [0.5, 0.6) is 0 Å². The Morgan fingerprint density at radius 2 is 1.29 bits per heavy atom. The fraction of sp³-hybridized carbons (Fsp3) is 0.125. The van der Waals surface area contributed by atoms with Gasteiger partial charge in [-0.05, 0) is 35.4 Å². The van der Waals surface area contributed by atoms with Crippen LogP contribution in [0.3, 0.4) is 0 Å².